The van der Waals surface area contributed by atoms with Crippen LogP contribution in [0, 0.1) is 11.3 Å². The molecule has 0 saturated heterocycles. The van der Waals surface area contributed by atoms with Crippen molar-refractivity contribution in [2.24, 2.45) is 0 Å². The van der Waals surface area contributed by atoms with Crippen molar-refractivity contribution in [3.8, 4) is 6.07 Å². The van der Waals surface area contributed by atoms with Crippen LogP contribution in [0.15, 0.2) is 53.3 Å². The van der Waals surface area contributed by atoms with Gasteiger partial charge < -0.3 is 9.88 Å². The highest BCUT2D eigenvalue weighted by Crippen LogP contribution is 2.23. The fourth-order valence-electron chi connectivity index (χ4n) is 2.30. The van der Waals surface area contributed by atoms with Crippen LogP contribution in [-0.2, 0) is 17.8 Å². The predicted molar refractivity (Wildman–Crippen MR) is 103 cm³/mol. The van der Waals surface area contributed by atoms with E-state index in [0.717, 1.165) is 18.1 Å². The number of nitriles is 1. The lowest BCUT2D eigenvalue weighted by Gasteiger charge is -2.12. The van der Waals surface area contributed by atoms with Crippen LogP contribution < -0.4 is 5.32 Å². The first-order chi connectivity index (χ1) is 12.7. The van der Waals surface area contributed by atoms with E-state index in [0.29, 0.717) is 11.3 Å². The molecule has 3 aromatic rings. The van der Waals surface area contributed by atoms with Gasteiger partial charge in [-0.15, -0.1) is 21.5 Å². The molecule has 0 radical (unpaired) electrons. The molecule has 1 amide bonds. The van der Waals surface area contributed by atoms with Crippen LogP contribution in [0.5, 0.6) is 0 Å². The van der Waals surface area contributed by atoms with Crippen LogP contribution in [0.1, 0.15) is 17.4 Å². The van der Waals surface area contributed by atoms with Crippen LogP contribution in [0.3, 0.4) is 0 Å². The van der Waals surface area contributed by atoms with Gasteiger partial charge in [-0.1, -0.05) is 23.9 Å². The number of thioether (sulfide) groups is 1. The van der Waals surface area contributed by atoms with Crippen molar-refractivity contribution in [3.63, 3.8) is 0 Å². The summed E-state index contributed by atoms with van der Waals surface area (Å²) in [4.78, 5) is 13.7. The fourth-order valence-corrected chi connectivity index (χ4v) is 3.85. The predicted octanol–water partition coefficient (Wildman–Crippen LogP) is 3.57. The first-order valence-electron chi connectivity index (χ1n) is 8.03. The van der Waals surface area contributed by atoms with Crippen molar-refractivity contribution >= 4 is 34.7 Å². The van der Waals surface area contributed by atoms with E-state index >= 15 is 0 Å². The van der Waals surface area contributed by atoms with Crippen molar-refractivity contribution in [2.75, 3.05) is 5.32 Å². The number of hydrogen-bond donors (Lipinski definition) is 1. The number of carbonyl (C=O) groups is 1. The van der Waals surface area contributed by atoms with Crippen LogP contribution in [0.2, 0.25) is 0 Å². The summed E-state index contributed by atoms with van der Waals surface area (Å²) in [5.74, 6) is -0.141. The van der Waals surface area contributed by atoms with Crippen LogP contribution in [0.4, 0.5) is 5.69 Å². The highest BCUT2D eigenvalue weighted by Gasteiger charge is 2.18. The number of nitrogens with zero attached hydrogens (tertiary/aromatic N) is 4. The Kier molecular flexibility index (Phi) is 6.04. The first-order valence-corrected chi connectivity index (χ1v) is 9.79. The van der Waals surface area contributed by atoms with Gasteiger partial charge in [-0.2, -0.15) is 5.26 Å². The topological polar surface area (TPSA) is 83.6 Å². The van der Waals surface area contributed by atoms with Gasteiger partial charge in [0.1, 0.15) is 6.33 Å². The second kappa shape index (κ2) is 8.65. The molecule has 1 N–H and O–H groups in total. The second-order valence-electron chi connectivity index (χ2n) is 5.58. The van der Waals surface area contributed by atoms with E-state index in [1.807, 2.05) is 17.6 Å². The van der Waals surface area contributed by atoms with Gasteiger partial charge >= 0.3 is 0 Å². The molecule has 0 aliphatic carbocycles. The molecule has 0 spiro atoms. The molecule has 1 unspecified atom stereocenters. The van der Waals surface area contributed by atoms with Gasteiger partial charge in [-0.05, 0) is 43.0 Å². The van der Waals surface area contributed by atoms with Crippen molar-refractivity contribution < 1.29 is 4.79 Å². The molecule has 3 rings (SSSR count). The number of amides is 1. The van der Waals surface area contributed by atoms with Gasteiger partial charge in [0.25, 0.3) is 0 Å². The van der Waals surface area contributed by atoms with Crippen molar-refractivity contribution in [1.82, 2.24) is 14.8 Å². The van der Waals surface area contributed by atoms with E-state index in [-0.39, 0.29) is 11.2 Å². The van der Waals surface area contributed by atoms with Crippen LogP contribution in [-0.4, -0.2) is 25.9 Å². The molecule has 0 aliphatic heterocycles. The Bertz CT molecular complexity index is 914. The van der Waals surface area contributed by atoms with Gasteiger partial charge in [0.15, 0.2) is 5.16 Å². The molecular weight excluding hydrogens is 366 g/mol. The molecule has 0 bridgehead atoms. The minimum absolute atomic E-state index is 0.141. The summed E-state index contributed by atoms with van der Waals surface area (Å²) < 4.78 is 1.96. The number of anilines is 1. The molecular formula is C18H17N5OS2. The lowest BCUT2D eigenvalue weighted by Crippen LogP contribution is -2.23. The number of rotatable bonds is 7. The van der Waals surface area contributed by atoms with Gasteiger partial charge in [-0.25, -0.2) is 0 Å². The zero-order valence-corrected chi connectivity index (χ0v) is 15.8. The zero-order valence-electron chi connectivity index (χ0n) is 14.1. The van der Waals surface area contributed by atoms with E-state index in [2.05, 4.69) is 33.0 Å². The maximum atomic E-state index is 12.4. The maximum Gasteiger partial charge on any atom is 0.237 e. The first kappa shape index (κ1) is 18.2. The number of aryl methyl sites for hydroxylation is 2. The van der Waals surface area contributed by atoms with Crippen LogP contribution in [0.25, 0.3) is 0 Å². The quantitative estimate of drug-likeness (QED) is 0.631. The number of carbonyl (C=O) groups excluding carboxylic acids is 1. The van der Waals surface area contributed by atoms with Gasteiger partial charge in [0.2, 0.25) is 5.91 Å². The summed E-state index contributed by atoms with van der Waals surface area (Å²) >= 11 is 3.09. The largest absolute Gasteiger partial charge is 0.325 e. The third-order valence-corrected chi connectivity index (χ3v) is 5.70. The lowest BCUT2D eigenvalue weighted by atomic mass is 10.2. The van der Waals surface area contributed by atoms with E-state index in [1.165, 1.54) is 16.6 Å². The minimum atomic E-state index is -0.342. The van der Waals surface area contributed by atoms with Gasteiger partial charge in [-0.3, -0.25) is 4.79 Å². The molecule has 2 heterocycles. The Morgan fingerprint density at radius 2 is 2.31 bits per heavy atom. The molecule has 0 aliphatic rings. The van der Waals surface area contributed by atoms with E-state index in [1.54, 1.807) is 41.9 Å². The Morgan fingerprint density at radius 1 is 1.42 bits per heavy atom. The van der Waals surface area contributed by atoms with Crippen molar-refractivity contribution in [2.45, 2.75) is 30.3 Å². The Hall–Kier alpha value is -2.63. The smallest absolute Gasteiger partial charge is 0.237 e. The summed E-state index contributed by atoms with van der Waals surface area (Å²) in [5, 5.41) is 22.3. The van der Waals surface area contributed by atoms with E-state index in [4.69, 9.17) is 5.26 Å². The monoisotopic (exact) mass is 383 g/mol. The fraction of sp³-hybridized carbons (Fsp3) is 0.222. The number of benzene rings is 1. The van der Waals surface area contributed by atoms with E-state index < -0.39 is 0 Å². The summed E-state index contributed by atoms with van der Waals surface area (Å²) in [6, 6.07) is 13.1. The number of aromatic nitrogens is 3. The maximum absolute atomic E-state index is 12.4. The molecule has 0 saturated carbocycles. The van der Waals surface area contributed by atoms with E-state index in [9.17, 15) is 4.79 Å². The summed E-state index contributed by atoms with van der Waals surface area (Å²) in [6.45, 7) is 2.60. The lowest BCUT2D eigenvalue weighted by molar-refractivity contribution is -0.115. The van der Waals surface area contributed by atoms with Crippen LogP contribution >= 0.6 is 23.1 Å². The summed E-state index contributed by atoms with van der Waals surface area (Å²) in [7, 11) is 0. The molecule has 1 atom stereocenters. The standard InChI is InChI=1S/C18H17N5OS2/c1-13(17(24)21-15-5-2-4-14(10-15)11-19)26-18-22-20-12-23(18)8-7-16-6-3-9-25-16/h2-6,9-10,12-13H,7-8H2,1H3,(H,21,24). The SMILES string of the molecule is CC(Sc1nncn1CCc1cccs1)C(=O)Nc1cccc(C#N)c1. The van der Waals surface area contributed by atoms with Gasteiger partial charge in [0.05, 0.1) is 16.9 Å². The Balaban J connectivity index is 1.59. The summed E-state index contributed by atoms with van der Waals surface area (Å²) in [6.07, 6.45) is 2.60. The molecule has 6 nitrogen and oxygen atoms in total. The Labute approximate surface area is 159 Å². The highest BCUT2D eigenvalue weighted by molar-refractivity contribution is 8.00. The molecule has 132 valence electrons. The van der Waals surface area contributed by atoms with Crippen molar-refractivity contribution in [3.05, 3.63) is 58.5 Å². The number of nitrogens with one attached hydrogen (secondary N) is 1. The molecule has 2 aromatic heterocycles. The van der Waals surface area contributed by atoms with Gasteiger partial charge in [0, 0.05) is 17.1 Å². The summed E-state index contributed by atoms with van der Waals surface area (Å²) in [5.41, 5.74) is 1.12. The zero-order chi connectivity index (χ0) is 18.4. The number of hydrogen-bond acceptors (Lipinski definition) is 6. The highest BCUT2D eigenvalue weighted by atomic mass is 32.2. The normalized spacial score (nSPS) is 11.7. The molecule has 8 heteroatoms. The minimum Gasteiger partial charge on any atom is -0.325 e. The average Bonchev–Trinajstić information content (AvgIpc) is 3.31. The molecule has 0 fully saturated rings. The third kappa shape index (κ3) is 4.71. The third-order valence-electron chi connectivity index (χ3n) is 3.67. The molecule has 1 aromatic carbocycles. The Morgan fingerprint density at radius 3 is 3.08 bits per heavy atom. The number of thiophene rings is 1. The van der Waals surface area contributed by atoms with Crippen molar-refractivity contribution in [1.29, 1.82) is 5.26 Å². The second-order valence-corrected chi connectivity index (χ2v) is 7.92. The molecule has 26 heavy (non-hydrogen) atoms. The average molecular weight is 384 g/mol.